The van der Waals surface area contributed by atoms with Crippen LogP contribution in [0, 0.1) is 0 Å². The zero-order valence-corrected chi connectivity index (χ0v) is 23.3. The van der Waals surface area contributed by atoms with Gasteiger partial charge in [0.15, 0.2) is 23.1 Å². The second-order valence-corrected chi connectivity index (χ2v) is 10.6. The number of pyridine rings is 1. The topological polar surface area (TPSA) is 82.0 Å². The van der Waals surface area contributed by atoms with Gasteiger partial charge < -0.3 is 4.42 Å². The van der Waals surface area contributed by atoms with Crippen molar-refractivity contribution >= 4 is 38.9 Å². The number of nitrogens with zero attached hydrogens (tertiary/aromatic N) is 6. The fourth-order valence-corrected chi connectivity index (χ4v) is 5.81. The molecule has 5 aromatic carbocycles. The zero-order valence-electron chi connectivity index (χ0n) is 23.3. The number of hydrogen-bond acceptors (Lipinski definition) is 6. The first-order valence-corrected chi connectivity index (χ1v) is 14.4. The quantitative estimate of drug-likeness (QED) is 0.212. The predicted octanol–water partition coefficient (Wildman–Crippen LogP) is 8.63. The number of rotatable bonds is 4. The minimum absolute atomic E-state index is 0.536. The standard InChI is InChI=1S/C37H22N6O/c1-3-12-23(13-4-1)34-40-35(24-14-5-2-6-15-24)42-36(41-34)26-17-11-16-25(22-26)31-33-32(27-18-7-8-19-28(27)38-31)39-37-43(33)29-20-9-10-21-30(29)44-37/h1-22H. The van der Waals surface area contributed by atoms with E-state index >= 15 is 0 Å². The Bertz CT molecular complexity index is 2440. The zero-order chi connectivity index (χ0) is 29.0. The highest BCUT2D eigenvalue weighted by Gasteiger charge is 2.21. The van der Waals surface area contributed by atoms with Crippen molar-refractivity contribution in [3.63, 3.8) is 0 Å². The first-order chi connectivity index (χ1) is 21.8. The SMILES string of the molecule is c1ccc(-c2nc(-c3ccccc3)nc(-c3cccc(-c4nc5ccccc5c5nc6oc7ccccc7n6c45)c3)n2)cc1. The summed E-state index contributed by atoms with van der Waals surface area (Å²) in [4.78, 5) is 24.9. The molecular weight excluding hydrogens is 544 g/mol. The van der Waals surface area contributed by atoms with Crippen LogP contribution in [0.15, 0.2) is 138 Å². The first kappa shape index (κ1) is 24.4. The molecular formula is C37H22N6O. The molecule has 7 heteroatoms. The molecule has 0 atom stereocenters. The summed E-state index contributed by atoms with van der Waals surface area (Å²) in [5, 5.41) is 0.975. The molecule has 0 saturated heterocycles. The van der Waals surface area contributed by atoms with E-state index in [2.05, 4.69) is 22.6 Å². The van der Waals surface area contributed by atoms with E-state index in [0.717, 1.165) is 61.0 Å². The van der Waals surface area contributed by atoms with Crippen LogP contribution in [0.1, 0.15) is 0 Å². The van der Waals surface area contributed by atoms with Crippen molar-refractivity contribution in [3.05, 3.63) is 133 Å². The third-order valence-electron chi connectivity index (χ3n) is 7.86. The van der Waals surface area contributed by atoms with Crippen LogP contribution < -0.4 is 0 Å². The maximum absolute atomic E-state index is 6.18. The van der Waals surface area contributed by atoms with E-state index < -0.39 is 0 Å². The van der Waals surface area contributed by atoms with Crippen LogP contribution in [-0.2, 0) is 0 Å². The van der Waals surface area contributed by atoms with Crippen LogP contribution in [0.25, 0.3) is 84.3 Å². The molecule has 4 aromatic heterocycles. The molecule has 0 bridgehead atoms. The lowest BCUT2D eigenvalue weighted by Crippen LogP contribution is -2.00. The second-order valence-electron chi connectivity index (χ2n) is 10.6. The largest absolute Gasteiger partial charge is 0.423 e. The van der Waals surface area contributed by atoms with Gasteiger partial charge in [-0.05, 0) is 24.3 Å². The normalized spacial score (nSPS) is 11.6. The summed E-state index contributed by atoms with van der Waals surface area (Å²) in [7, 11) is 0. The van der Waals surface area contributed by atoms with Crippen LogP contribution in [0.2, 0.25) is 0 Å². The average Bonchev–Trinajstić information content (AvgIpc) is 3.65. The van der Waals surface area contributed by atoms with Crippen LogP contribution in [0.3, 0.4) is 0 Å². The molecule has 7 nitrogen and oxygen atoms in total. The van der Waals surface area contributed by atoms with Crippen molar-refractivity contribution in [3.8, 4) is 45.4 Å². The lowest BCUT2D eigenvalue weighted by atomic mass is 10.0. The van der Waals surface area contributed by atoms with E-state index in [-0.39, 0.29) is 0 Å². The van der Waals surface area contributed by atoms with Gasteiger partial charge in [-0.1, -0.05) is 109 Å². The van der Waals surface area contributed by atoms with Crippen LogP contribution >= 0.6 is 0 Å². The lowest BCUT2D eigenvalue weighted by molar-refractivity contribution is 0.643. The summed E-state index contributed by atoms with van der Waals surface area (Å²) in [6.45, 7) is 0. The van der Waals surface area contributed by atoms with Gasteiger partial charge in [-0.15, -0.1) is 0 Å². The van der Waals surface area contributed by atoms with Crippen molar-refractivity contribution in [1.29, 1.82) is 0 Å². The molecule has 0 unspecified atom stereocenters. The van der Waals surface area contributed by atoms with Gasteiger partial charge in [0, 0.05) is 27.6 Å². The lowest BCUT2D eigenvalue weighted by Gasteiger charge is -2.10. The van der Waals surface area contributed by atoms with Gasteiger partial charge in [-0.2, -0.15) is 4.98 Å². The Morgan fingerprint density at radius 2 is 1.07 bits per heavy atom. The molecule has 0 N–H and O–H groups in total. The van der Waals surface area contributed by atoms with Gasteiger partial charge in [-0.25, -0.2) is 19.9 Å². The highest BCUT2D eigenvalue weighted by molar-refractivity contribution is 6.10. The molecule has 0 amide bonds. The van der Waals surface area contributed by atoms with Crippen LogP contribution in [0.4, 0.5) is 0 Å². The molecule has 0 saturated carbocycles. The molecule has 4 heterocycles. The minimum atomic E-state index is 0.536. The summed E-state index contributed by atoms with van der Waals surface area (Å²) >= 11 is 0. The number of aromatic nitrogens is 6. The maximum Gasteiger partial charge on any atom is 0.307 e. The van der Waals surface area contributed by atoms with Crippen molar-refractivity contribution < 1.29 is 4.42 Å². The summed E-state index contributed by atoms with van der Waals surface area (Å²) in [6.07, 6.45) is 0. The van der Waals surface area contributed by atoms with E-state index in [1.54, 1.807) is 0 Å². The van der Waals surface area contributed by atoms with Gasteiger partial charge in [0.05, 0.1) is 16.7 Å². The van der Waals surface area contributed by atoms with E-state index in [1.807, 2.05) is 115 Å². The number of oxazole rings is 1. The summed E-state index contributed by atoms with van der Waals surface area (Å²) in [5.74, 6) is 2.36. The summed E-state index contributed by atoms with van der Waals surface area (Å²) in [6, 6.07) is 44.3. The average molecular weight is 567 g/mol. The third kappa shape index (κ3) is 3.87. The number of para-hydroxylation sites is 3. The number of imidazole rings is 1. The smallest absolute Gasteiger partial charge is 0.307 e. The monoisotopic (exact) mass is 566 g/mol. The van der Waals surface area contributed by atoms with Gasteiger partial charge >= 0.3 is 5.84 Å². The van der Waals surface area contributed by atoms with Gasteiger partial charge in [0.25, 0.3) is 0 Å². The highest BCUT2D eigenvalue weighted by atomic mass is 16.4. The number of fused-ring (bicyclic) bond motifs is 7. The van der Waals surface area contributed by atoms with Crippen LogP contribution in [0.5, 0.6) is 0 Å². The van der Waals surface area contributed by atoms with Crippen molar-refractivity contribution in [2.24, 2.45) is 0 Å². The summed E-state index contributed by atoms with van der Waals surface area (Å²) in [5.41, 5.74) is 8.77. The first-order valence-electron chi connectivity index (χ1n) is 14.4. The molecule has 0 radical (unpaired) electrons. The van der Waals surface area contributed by atoms with E-state index in [4.69, 9.17) is 29.3 Å². The van der Waals surface area contributed by atoms with Crippen molar-refractivity contribution in [2.75, 3.05) is 0 Å². The predicted molar refractivity (Wildman–Crippen MR) is 173 cm³/mol. The number of benzene rings is 5. The third-order valence-corrected chi connectivity index (χ3v) is 7.86. The molecule has 0 aliphatic rings. The molecule has 0 aliphatic heterocycles. The minimum Gasteiger partial charge on any atom is -0.423 e. The second kappa shape index (κ2) is 9.68. The Kier molecular flexibility index (Phi) is 5.36. The Labute approximate surface area is 251 Å². The number of hydrogen-bond donors (Lipinski definition) is 0. The molecule has 206 valence electrons. The maximum atomic E-state index is 6.18. The van der Waals surface area contributed by atoms with E-state index in [0.29, 0.717) is 23.3 Å². The van der Waals surface area contributed by atoms with Gasteiger partial charge in [0.1, 0.15) is 11.0 Å². The highest BCUT2D eigenvalue weighted by Crippen LogP contribution is 2.37. The molecule has 9 rings (SSSR count). The van der Waals surface area contributed by atoms with E-state index in [1.165, 1.54) is 0 Å². The molecule has 0 spiro atoms. The van der Waals surface area contributed by atoms with Crippen molar-refractivity contribution in [1.82, 2.24) is 29.3 Å². The Morgan fingerprint density at radius 1 is 0.477 bits per heavy atom. The fraction of sp³-hybridized carbons (Fsp3) is 0. The van der Waals surface area contributed by atoms with Gasteiger partial charge in [0.2, 0.25) is 0 Å². The Balaban J connectivity index is 1.29. The Hall–Kier alpha value is -6.21. The molecule has 44 heavy (non-hydrogen) atoms. The molecule has 0 aliphatic carbocycles. The Morgan fingerprint density at radius 3 is 1.82 bits per heavy atom. The summed E-state index contributed by atoms with van der Waals surface area (Å²) < 4.78 is 8.24. The van der Waals surface area contributed by atoms with Crippen molar-refractivity contribution in [2.45, 2.75) is 0 Å². The van der Waals surface area contributed by atoms with Gasteiger partial charge in [-0.3, -0.25) is 4.40 Å². The molecule has 9 aromatic rings. The molecule has 0 fully saturated rings. The fourth-order valence-electron chi connectivity index (χ4n) is 5.81. The van der Waals surface area contributed by atoms with E-state index in [9.17, 15) is 0 Å². The van der Waals surface area contributed by atoms with Crippen LogP contribution in [-0.4, -0.2) is 29.3 Å².